The Kier molecular flexibility index (Phi) is 5.44. The van der Waals surface area contributed by atoms with E-state index < -0.39 is 0 Å². The fourth-order valence-corrected chi connectivity index (χ4v) is 2.94. The van der Waals surface area contributed by atoms with Crippen molar-refractivity contribution >= 4 is 49.9 Å². The molecule has 5 nitrogen and oxygen atoms in total. The predicted octanol–water partition coefficient (Wildman–Crippen LogP) is 4.79. The van der Waals surface area contributed by atoms with Gasteiger partial charge in [0.05, 0.1) is 5.02 Å². The molecule has 0 saturated carbocycles. The van der Waals surface area contributed by atoms with Crippen molar-refractivity contribution in [2.75, 3.05) is 5.32 Å². The summed E-state index contributed by atoms with van der Waals surface area (Å²) in [5, 5.41) is 12.3. The molecule has 8 heteroatoms. The summed E-state index contributed by atoms with van der Waals surface area (Å²) in [7, 11) is 0. The number of amides is 1. The van der Waals surface area contributed by atoms with Crippen molar-refractivity contribution in [3.8, 4) is 5.75 Å². The summed E-state index contributed by atoms with van der Waals surface area (Å²) in [6.45, 7) is 0.232. The van der Waals surface area contributed by atoms with Crippen LogP contribution in [0, 0.1) is 0 Å². The first-order valence-corrected chi connectivity index (χ1v) is 8.87. The third-order valence-corrected chi connectivity index (χ3v) is 4.63. The van der Waals surface area contributed by atoms with E-state index in [-0.39, 0.29) is 12.5 Å². The summed E-state index contributed by atoms with van der Waals surface area (Å²) in [6.07, 6.45) is 0. The number of aromatic nitrogens is 2. The topological polar surface area (TPSA) is 64.1 Å². The number of ether oxygens (including phenoxy) is 1. The lowest BCUT2D eigenvalue weighted by Crippen LogP contribution is -2.11. The molecule has 3 rings (SSSR count). The summed E-state index contributed by atoms with van der Waals surface area (Å²) in [5.41, 5.74) is 0.544. The molecule has 2 aromatic carbocycles. The number of carbonyl (C=O) groups excluding carboxylic acids is 1. The second-order valence-electron chi connectivity index (χ2n) is 4.68. The van der Waals surface area contributed by atoms with Gasteiger partial charge in [0.2, 0.25) is 5.13 Å². The van der Waals surface area contributed by atoms with Gasteiger partial charge in [0.15, 0.2) is 5.01 Å². The fraction of sp³-hybridized carbons (Fsp3) is 0.0625. The van der Waals surface area contributed by atoms with Crippen LogP contribution in [0.4, 0.5) is 5.13 Å². The van der Waals surface area contributed by atoms with Crippen LogP contribution in [0.3, 0.4) is 0 Å². The number of carbonyl (C=O) groups is 1. The summed E-state index contributed by atoms with van der Waals surface area (Å²) in [5.74, 6) is 0.340. The molecule has 0 fully saturated rings. The number of hydrogen-bond acceptors (Lipinski definition) is 5. The molecule has 0 aliphatic carbocycles. The van der Waals surface area contributed by atoms with E-state index in [1.165, 1.54) is 11.3 Å². The highest BCUT2D eigenvalue weighted by Crippen LogP contribution is 2.25. The lowest BCUT2D eigenvalue weighted by Gasteiger charge is -2.04. The largest absolute Gasteiger partial charge is 0.485 e. The van der Waals surface area contributed by atoms with Gasteiger partial charge in [-0.25, -0.2) is 0 Å². The van der Waals surface area contributed by atoms with Gasteiger partial charge < -0.3 is 4.74 Å². The van der Waals surface area contributed by atoms with Crippen LogP contribution in [-0.2, 0) is 6.61 Å². The van der Waals surface area contributed by atoms with Crippen LogP contribution in [0.25, 0.3) is 0 Å². The molecule has 0 saturated heterocycles. The van der Waals surface area contributed by atoms with E-state index in [0.29, 0.717) is 26.5 Å². The van der Waals surface area contributed by atoms with Gasteiger partial charge in [0, 0.05) is 10.0 Å². The van der Waals surface area contributed by atoms with Crippen molar-refractivity contribution in [2.45, 2.75) is 6.61 Å². The standard InChI is InChI=1S/C16H11BrClN3O2S/c17-11-7-5-10(6-8-11)15(22)19-16-21-20-14(24-16)9-23-13-4-2-1-3-12(13)18/h1-8H,9H2,(H,19,21,22). The predicted molar refractivity (Wildman–Crippen MR) is 97.8 cm³/mol. The Bertz CT molecular complexity index is 855. The van der Waals surface area contributed by atoms with Crippen molar-refractivity contribution in [2.24, 2.45) is 0 Å². The van der Waals surface area contributed by atoms with Gasteiger partial charge in [-0.15, -0.1) is 10.2 Å². The molecular weight excluding hydrogens is 414 g/mol. The Hall–Kier alpha value is -1.96. The zero-order chi connectivity index (χ0) is 16.9. The summed E-state index contributed by atoms with van der Waals surface area (Å²) in [4.78, 5) is 12.1. The molecule has 0 aliphatic rings. The molecule has 1 heterocycles. The molecule has 0 radical (unpaired) electrons. The van der Waals surface area contributed by atoms with Gasteiger partial charge in [0.25, 0.3) is 5.91 Å². The summed E-state index contributed by atoms with van der Waals surface area (Å²) >= 11 is 10.6. The Labute approximate surface area is 155 Å². The van der Waals surface area contributed by atoms with E-state index in [4.69, 9.17) is 16.3 Å². The second kappa shape index (κ2) is 7.74. The zero-order valence-corrected chi connectivity index (χ0v) is 15.4. The van der Waals surface area contributed by atoms with E-state index >= 15 is 0 Å². The first-order chi connectivity index (χ1) is 11.6. The smallest absolute Gasteiger partial charge is 0.257 e. The Balaban J connectivity index is 1.60. The van der Waals surface area contributed by atoms with Crippen molar-refractivity contribution in [3.63, 3.8) is 0 Å². The molecular formula is C16H11BrClN3O2S. The number of benzene rings is 2. The van der Waals surface area contributed by atoms with Crippen LogP contribution in [0.5, 0.6) is 5.75 Å². The first-order valence-electron chi connectivity index (χ1n) is 6.88. The van der Waals surface area contributed by atoms with E-state index in [1.807, 2.05) is 12.1 Å². The Morgan fingerprint density at radius 2 is 1.92 bits per heavy atom. The molecule has 0 spiro atoms. The molecule has 0 atom stereocenters. The van der Waals surface area contributed by atoms with E-state index in [0.717, 1.165) is 4.47 Å². The van der Waals surface area contributed by atoms with Gasteiger partial charge in [-0.3, -0.25) is 10.1 Å². The van der Waals surface area contributed by atoms with Crippen molar-refractivity contribution < 1.29 is 9.53 Å². The van der Waals surface area contributed by atoms with Crippen LogP contribution >= 0.6 is 38.9 Å². The SMILES string of the molecule is O=C(Nc1nnc(COc2ccccc2Cl)s1)c1ccc(Br)cc1. The normalized spacial score (nSPS) is 10.4. The zero-order valence-electron chi connectivity index (χ0n) is 12.2. The van der Waals surface area contributed by atoms with E-state index in [1.54, 1.807) is 36.4 Å². The van der Waals surface area contributed by atoms with Gasteiger partial charge in [0.1, 0.15) is 12.4 Å². The van der Waals surface area contributed by atoms with E-state index in [2.05, 4.69) is 31.4 Å². The van der Waals surface area contributed by atoms with Crippen LogP contribution in [0.1, 0.15) is 15.4 Å². The van der Waals surface area contributed by atoms with Crippen molar-refractivity contribution in [1.82, 2.24) is 10.2 Å². The molecule has 0 bridgehead atoms. The number of nitrogens with one attached hydrogen (secondary N) is 1. The number of halogens is 2. The number of hydrogen-bond donors (Lipinski definition) is 1. The average molecular weight is 425 g/mol. The summed E-state index contributed by atoms with van der Waals surface area (Å²) in [6, 6.07) is 14.3. The molecule has 1 amide bonds. The van der Waals surface area contributed by atoms with Gasteiger partial charge in [-0.2, -0.15) is 0 Å². The minimum Gasteiger partial charge on any atom is -0.485 e. The maximum atomic E-state index is 12.1. The van der Waals surface area contributed by atoms with Gasteiger partial charge >= 0.3 is 0 Å². The second-order valence-corrected chi connectivity index (χ2v) is 7.07. The van der Waals surface area contributed by atoms with Crippen molar-refractivity contribution in [1.29, 1.82) is 0 Å². The number of rotatable bonds is 5. The van der Waals surface area contributed by atoms with Gasteiger partial charge in [-0.1, -0.05) is 51.0 Å². The minimum atomic E-state index is -0.239. The molecule has 0 aliphatic heterocycles. The fourth-order valence-electron chi connectivity index (χ4n) is 1.83. The van der Waals surface area contributed by atoms with Crippen molar-refractivity contribution in [3.05, 3.63) is 68.6 Å². The molecule has 24 heavy (non-hydrogen) atoms. The molecule has 1 N–H and O–H groups in total. The van der Waals surface area contributed by atoms with Crippen LogP contribution < -0.4 is 10.1 Å². The first kappa shape index (κ1) is 16.9. The van der Waals surface area contributed by atoms with E-state index in [9.17, 15) is 4.79 Å². The maximum Gasteiger partial charge on any atom is 0.257 e. The van der Waals surface area contributed by atoms with Crippen LogP contribution in [0.15, 0.2) is 53.0 Å². The molecule has 3 aromatic rings. The summed E-state index contributed by atoms with van der Waals surface area (Å²) < 4.78 is 6.51. The Morgan fingerprint density at radius 3 is 2.67 bits per heavy atom. The van der Waals surface area contributed by atoms with Gasteiger partial charge in [-0.05, 0) is 36.4 Å². The highest BCUT2D eigenvalue weighted by Gasteiger charge is 2.11. The quantitative estimate of drug-likeness (QED) is 0.640. The monoisotopic (exact) mass is 423 g/mol. The van der Waals surface area contributed by atoms with Crippen LogP contribution in [-0.4, -0.2) is 16.1 Å². The highest BCUT2D eigenvalue weighted by molar-refractivity contribution is 9.10. The highest BCUT2D eigenvalue weighted by atomic mass is 79.9. The number of nitrogens with zero attached hydrogens (tertiary/aromatic N) is 2. The average Bonchev–Trinajstić information content (AvgIpc) is 3.02. The van der Waals surface area contributed by atoms with Crippen LogP contribution in [0.2, 0.25) is 5.02 Å². The number of para-hydroxylation sites is 1. The lowest BCUT2D eigenvalue weighted by molar-refractivity contribution is 0.102. The minimum absolute atomic E-state index is 0.232. The lowest BCUT2D eigenvalue weighted by atomic mass is 10.2. The molecule has 122 valence electrons. The Morgan fingerprint density at radius 1 is 1.17 bits per heavy atom. The maximum absolute atomic E-state index is 12.1. The molecule has 0 unspecified atom stereocenters. The third kappa shape index (κ3) is 4.31. The third-order valence-electron chi connectivity index (χ3n) is 2.98. The number of anilines is 1. The molecule has 1 aromatic heterocycles.